The van der Waals surface area contributed by atoms with Crippen LogP contribution in [0.5, 0.6) is 0 Å². The van der Waals surface area contributed by atoms with Gasteiger partial charge in [0.1, 0.15) is 11.8 Å². The van der Waals surface area contributed by atoms with E-state index in [0.717, 1.165) is 25.9 Å². The second-order valence-electron chi connectivity index (χ2n) is 8.04. The van der Waals surface area contributed by atoms with E-state index < -0.39 is 5.60 Å². The Morgan fingerprint density at radius 2 is 2.00 bits per heavy atom. The predicted octanol–water partition coefficient (Wildman–Crippen LogP) is 2.66. The lowest BCUT2D eigenvalue weighted by molar-refractivity contribution is -0.00824. The number of allylic oxidation sites excluding steroid dienone is 1. The summed E-state index contributed by atoms with van der Waals surface area (Å²) < 4.78 is 5.57. The van der Waals surface area contributed by atoms with Crippen molar-refractivity contribution in [1.82, 2.24) is 14.8 Å². The first kappa shape index (κ1) is 17.3. The highest BCUT2D eigenvalue weighted by atomic mass is 16.6. The summed E-state index contributed by atoms with van der Waals surface area (Å²) in [4.78, 5) is 16.9. The van der Waals surface area contributed by atoms with Crippen LogP contribution in [0.1, 0.15) is 46.5 Å². The minimum Gasteiger partial charge on any atom is -0.444 e. The van der Waals surface area contributed by atoms with Gasteiger partial charge in [0.15, 0.2) is 0 Å². The Balaban J connectivity index is 1.69. The minimum atomic E-state index is -0.443. The van der Waals surface area contributed by atoms with Gasteiger partial charge in [0.25, 0.3) is 0 Å². The van der Waals surface area contributed by atoms with Crippen molar-refractivity contribution >= 4 is 12.3 Å². The molecule has 1 saturated carbocycles. The van der Waals surface area contributed by atoms with Gasteiger partial charge in [0.05, 0.1) is 0 Å². The smallest absolute Gasteiger partial charge is 0.410 e. The molecule has 1 saturated heterocycles. The van der Waals surface area contributed by atoms with Crippen LogP contribution in [-0.4, -0.2) is 71.1 Å². The highest BCUT2D eigenvalue weighted by molar-refractivity contribution is 5.71. The fourth-order valence-electron chi connectivity index (χ4n) is 3.57. The predicted molar refractivity (Wildman–Crippen MR) is 94.9 cm³/mol. The maximum atomic E-state index is 12.4. The zero-order chi connectivity index (χ0) is 17.3. The molecule has 3 aliphatic rings. The van der Waals surface area contributed by atoms with Gasteiger partial charge in [-0.05, 0) is 58.6 Å². The van der Waals surface area contributed by atoms with Gasteiger partial charge in [-0.3, -0.25) is 9.91 Å². The Kier molecular flexibility index (Phi) is 4.85. The summed E-state index contributed by atoms with van der Waals surface area (Å²) in [7, 11) is 2.02. The molecule has 0 bridgehead atoms. The lowest BCUT2D eigenvalue weighted by atomic mass is 10.0. The fraction of sp³-hybridized carbons (Fsp3) is 0.778. The number of piperidine rings is 1. The molecule has 1 aliphatic carbocycles. The van der Waals surface area contributed by atoms with Gasteiger partial charge in [-0.25, -0.2) is 4.79 Å². The topological polar surface area (TPSA) is 48.4 Å². The number of hydrazone groups is 1. The van der Waals surface area contributed by atoms with Crippen LogP contribution in [0.25, 0.3) is 0 Å². The third-order valence-electron chi connectivity index (χ3n) is 4.74. The van der Waals surface area contributed by atoms with Gasteiger partial charge in [0.2, 0.25) is 0 Å². The van der Waals surface area contributed by atoms with E-state index in [9.17, 15) is 4.79 Å². The van der Waals surface area contributed by atoms with Crippen molar-refractivity contribution < 1.29 is 9.53 Å². The van der Waals surface area contributed by atoms with Crippen LogP contribution in [0.4, 0.5) is 4.79 Å². The van der Waals surface area contributed by atoms with E-state index >= 15 is 0 Å². The largest absolute Gasteiger partial charge is 0.444 e. The molecule has 1 amide bonds. The Bertz CT molecular complexity index is 522. The third-order valence-corrected chi connectivity index (χ3v) is 4.74. The van der Waals surface area contributed by atoms with Crippen LogP contribution < -0.4 is 0 Å². The maximum absolute atomic E-state index is 12.4. The van der Waals surface area contributed by atoms with Gasteiger partial charge >= 0.3 is 6.09 Å². The average molecular weight is 334 g/mol. The van der Waals surface area contributed by atoms with Crippen LogP contribution in [-0.2, 0) is 4.74 Å². The lowest BCUT2D eigenvalue weighted by Crippen LogP contribution is -2.57. The quantitative estimate of drug-likeness (QED) is 0.796. The number of likely N-dealkylation sites (N-methyl/N-ethyl adjacent to an activating group) is 1. The molecule has 0 radical (unpaired) electrons. The van der Waals surface area contributed by atoms with Gasteiger partial charge in [-0.2, -0.15) is 5.10 Å². The van der Waals surface area contributed by atoms with Crippen LogP contribution in [0.15, 0.2) is 17.3 Å². The molecule has 2 fully saturated rings. The first-order chi connectivity index (χ1) is 11.3. The Labute approximate surface area is 145 Å². The van der Waals surface area contributed by atoms with Gasteiger partial charge in [-0.1, -0.05) is 0 Å². The number of hydrogen-bond donors (Lipinski definition) is 0. The summed E-state index contributed by atoms with van der Waals surface area (Å²) in [5.74, 6) is 0. The van der Waals surface area contributed by atoms with Crippen LogP contribution in [0.3, 0.4) is 0 Å². The summed E-state index contributed by atoms with van der Waals surface area (Å²) in [5, 5.41) is 6.43. The SMILES string of the molecule is CN1N=CC=CC1N(C1CC1)[C@@H]1CCCN(C(=O)OC(C)(C)C)C1. The van der Waals surface area contributed by atoms with Crippen molar-refractivity contribution in [3.63, 3.8) is 0 Å². The molecule has 2 heterocycles. The number of nitrogens with zero attached hydrogens (tertiary/aromatic N) is 4. The summed E-state index contributed by atoms with van der Waals surface area (Å²) in [6, 6.07) is 0.975. The molecule has 24 heavy (non-hydrogen) atoms. The molecular weight excluding hydrogens is 304 g/mol. The van der Waals surface area contributed by atoms with Crippen molar-refractivity contribution in [1.29, 1.82) is 0 Å². The number of rotatable bonds is 3. The van der Waals surface area contributed by atoms with Crippen molar-refractivity contribution in [3.05, 3.63) is 12.2 Å². The van der Waals surface area contributed by atoms with Gasteiger partial charge in [-0.15, -0.1) is 0 Å². The number of hydrogen-bond acceptors (Lipinski definition) is 5. The monoisotopic (exact) mass is 334 g/mol. The molecular formula is C18H30N4O2. The second kappa shape index (κ2) is 6.75. The van der Waals surface area contributed by atoms with Crippen molar-refractivity contribution in [3.8, 4) is 0 Å². The molecule has 0 N–H and O–H groups in total. The number of likely N-dealkylation sites (tertiary alicyclic amines) is 1. The second-order valence-corrected chi connectivity index (χ2v) is 8.04. The summed E-state index contributed by atoms with van der Waals surface area (Å²) in [5.41, 5.74) is -0.443. The minimum absolute atomic E-state index is 0.186. The molecule has 0 aromatic carbocycles. The highest BCUT2D eigenvalue weighted by Gasteiger charge is 2.41. The standard InChI is InChI=1S/C18H30N4O2/c1-18(2,3)24-17(23)21-12-6-7-15(13-21)22(14-9-10-14)16-8-5-11-19-20(16)4/h5,8,11,14-16H,6-7,9-10,12-13H2,1-4H3/t15-,16?/m1/s1. The zero-order valence-corrected chi connectivity index (χ0v) is 15.3. The van der Waals surface area contributed by atoms with E-state index in [-0.39, 0.29) is 12.3 Å². The first-order valence-corrected chi connectivity index (χ1v) is 9.04. The molecule has 1 unspecified atom stereocenters. The molecule has 3 rings (SSSR count). The molecule has 6 heteroatoms. The van der Waals surface area contributed by atoms with Gasteiger partial charge < -0.3 is 9.64 Å². The van der Waals surface area contributed by atoms with Crippen molar-refractivity contribution in [2.24, 2.45) is 5.10 Å². The van der Waals surface area contributed by atoms with Crippen molar-refractivity contribution in [2.75, 3.05) is 20.1 Å². The zero-order valence-electron chi connectivity index (χ0n) is 15.3. The molecule has 0 aromatic heterocycles. The summed E-state index contributed by atoms with van der Waals surface area (Å²) in [6.07, 6.45) is 10.7. The molecule has 2 aliphatic heterocycles. The van der Waals surface area contributed by atoms with Crippen LogP contribution in [0.2, 0.25) is 0 Å². The summed E-state index contributed by atoms with van der Waals surface area (Å²) in [6.45, 7) is 7.29. The Morgan fingerprint density at radius 1 is 1.25 bits per heavy atom. The number of carbonyl (C=O) groups is 1. The van der Waals surface area contributed by atoms with Crippen molar-refractivity contribution in [2.45, 2.75) is 70.3 Å². The van der Waals surface area contributed by atoms with E-state index in [0.29, 0.717) is 12.1 Å². The fourth-order valence-corrected chi connectivity index (χ4v) is 3.57. The Morgan fingerprint density at radius 3 is 2.62 bits per heavy atom. The lowest BCUT2D eigenvalue weighted by Gasteiger charge is -2.44. The highest BCUT2D eigenvalue weighted by Crippen LogP contribution is 2.35. The Hall–Kier alpha value is -1.56. The molecule has 6 nitrogen and oxygen atoms in total. The number of ether oxygens (including phenoxy) is 1. The molecule has 2 atom stereocenters. The number of amides is 1. The summed E-state index contributed by atoms with van der Waals surface area (Å²) >= 11 is 0. The molecule has 0 spiro atoms. The average Bonchev–Trinajstić information content (AvgIpc) is 3.33. The van der Waals surface area contributed by atoms with E-state index in [4.69, 9.17) is 4.74 Å². The normalized spacial score (nSPS) is 27.7. The van der Waals surface area contributed by atoms with E-state index in [1.807, 2.05) is 50.0 Å². The van der Waals surface area contributed by atoms with Crippen LogP contribution >= 0.6 is 0 Å². The van der Waals surface area contributed by atoms with E-state index in [2.05, 4.69) is 16.1 Å². The third kappa shape index (κ3) is 4.09. The first-order valence-electron chi connectivity index (χ1n) is 9.04. The number of carbonyl (C=O) groups excluding carboxylic acids is 1. The van der Waals surface area contributed by atoms with E-state index in [1.54, 1.807) is 0 Å². The maximum Gasteiger partial charge on any atom is 0.410 e. The molecule has 134 valence electrons. The molecule has 0 aromatic rings. The van der Waals surface area contributed by atoms with Crippen LogP contribution in [0, 0.1) is 0 Å². The van der Waals surface area contributed by atoms with E-state index in [1.165, 1.54) is 12.8 Å². The van der Waals surface area contributed by atoms with Gasteiger partial charge in [0, 0.05) is 38.4 Å².